The second-order valence-corrected chi connectivity index (χ2v) is 3.74. The fourth-order valence-corrected chi connectivity index (χ4v) is 1.31. The number of nitrogens with one attached hydrogen (secondary N) is 2. The quantitative estimate of drug-likeness (QED) is 0.289. The van der Waals surface area contributed by atoms with Crippen molar-refractivity contribution in [2.24, 2.45) is 10.8 Å². The van der Waals surface area contributed by atoms with Crippen molar-refractivity contribution in [3.05, 3.63) is 17.5 Å². The monoisotopic (exact) mass is 241 g/mol. The van der Waals surface area contributed by atoms with E-state index in [1.165, 1.54) is 0 Å². The molecule has 17 heavy (non-hydrogen) atoms. The van der Waals surface area contributed by atoms with Gasteiger partial charge in [-0.3, -0.25) is 5.43 Å². The summed E-state index contributed by atoms with van der Waals surface area (Å²) < 4.78 is 10.0. The van der Waals surface area contributed by atoms with Crippen LogP contribution in [-0.2, 0) is 11.3 Å². The maximum Gasteiger partial charge on any atom is 0.206 e. The number of aryl methyl sites for hydroxylation is 1. The number of aliphatic imine (C=N–C) groups is 1. The normalized spacial score (nSPS) is 13.5. The topological polar surface area (TPSA) is 97.7 Å². The number of nitrogens with zero attached hydrogens (tertiary/aromatic N) is 2. The number of hydrazine groups is 1. The van der Waals surface area contributed by atoms with Gasteiger partial charge in [0.05, 0.1) is 12.3 Å². The lowest BCUT2D eigenvalue weighted by atomic mass is 10.4. The van der Waals surface area contributed by atoms with E-state index in [4.69, 9.17) is 15.1 Å². The molecular formula is C10H19N5O2. The number of hydrogen-bond donors (Lipinski definition) is 3. The smallest absolute Gasteiger partial charge is 0.206 e. The molecule has 0 aliphatic rings. The van der Waals surface area contributed by atoms with Gasteiger partial charge in [0, 0.05) is 19.2 Å². The number of hydrogen-bond acceptors (Lipinski definition) is 5. The van der Waals surface area contributed by atoms with Gasteiger partial charge in [-0.05, 0) is 13.8 Å². The number of nitrogens with two attached hydrogens (primary N) is 1. The van der Waals surface area contributed by atoms with Crippen molar-refractivity contribution in [1.29, 1.82) is 0 Å². The van der Waals surface area contributed by atoms with E-state index in [1.807, 2.05) is 19.9 Å². The lowest BCUT2D eigenvalue weighted by molar-refractivity contribution is 0.179. The Kier molecular flexibility index (Phi) is 5.44. The Hall–Kier alpha value is -1.60. The van der Waals surface area contributed by atoms with Crippen molar-refractivity contribution in [3.63, 3.8) is 0 Å². The van der Waals surface area contributed by atoms with Crippen LogP contribution in [0.15, 0.2) is 15.6 Å². The summed E-state index contributed by atoms with van der Waals surface area (Å²) in [5, 5.41) is 6.85. The second kappa shape index (κ2) is 6.87. The highest BCUT2D eigenvalue weighted by Gasteiger charge is 2.04. The molecule has 0 amide bonds. The van der Waals surface area contributed by atoms with Crippen molar-refractivity contribution in [2.75, 3.05) is 13.7 Å². The minimum Gasteiger partial charge on any atom is -0.383 e. The van der Waals surface area contributed by atoms with Crippen molar-refractivity contribution < 1.29 is 9.26 Å². The molecule has 7 heteroatoms. The van der Waals surface area contributed by atoms with Gasteiger partial charge in [0.1, 0.15) is 6.54 Å². The minimum absolute atomic E-state index is 0.117. The molecule has 1 aromatic heterocycles. The summed E-state index contributed by atoms with van der Waals surface area (Å²) in [6, 6.07) is 1.95. The molecule has 0 saturated heterocycles. The molecule has 7 nitrogen and oxygen atoms in total. The minimum atomic E-state index is 0.117. The van der Waals surface area contributed by atoms with Gasteiger partial charge in [-0.25, -0.2) is 10.8 Å². The number of methoxy groups -OCH3 is 1. The molecule has 1 unspecified atom stereocenters. The maximum atomic E-state index is 5.36. The van der Waals surface area contributed by atoms with Gasteiger partial charge in [0.15, 0.2) is 5.76 Å². The Balaban J connectivity index is 2.49. The molecule has 4 N–H and O–H groups in total. The first-order valence-corrected chi connectivity index (χ1v) is 5.34. The first-order valence-electron chi connectivity index (χ1n) is 5.34. The third-order valence-corrected chi connectivity index (χ3v) is 2.01. The van der Waals surface area contributed by atoms with Gasteiger partial charge >= 0.3 is 0 Å². The number of rotatable bonds is 5. The third kappa shape index (κ3) is 4.83. The molecule has 0 fully saturated rings. The van der Waals surface area contributed by atoms with Crippen molar-refractivity contribution in [3.8, 4) is 0 Å². The number of aromatic nitrogens is 1. The molecule has 0 spiro atoms. The molecule has 1 atom stereocenters. The molecule has 1 aromatic rings. The van der Waals surface area contributed by atoms with Crippen LogP contribution >= 0.6 is 0 Å². The van der Waals surface area contributed by atoms with E-state index < -0.39 is 0 Å². The van der Waals surface area contributed by atoms with E-state index in [1.54, 1.807) is 7.11 Å². The van der Waals surface area contributed by atoms with Crippen molar-refractivity contribution in [2.45, 2.75) is 26.4 Å². The average Bonchev–Trinajstić information content (AvgIpc) is 2.70. The van der Waals surface area contributed by atoms with Crippen LogP contribution < -0.4 is 16.6 Å². The Morgan fingerprint density at radius 3 is 3.00 bits per heavy atom. The molecule has 0 saturated carbocycles. The van der Waals surface area contributed by atoms with Crippen LogP contribution in [-0.4, -0.2) is 30.9 Å². The molecular weight excluding hydrogens is 222 g/mol. The fourth-order valence-electron chi connectivity index (χ4n) is 1.31. The highest BCUT2D eigenvalue weighted by Crippen LogP contribution is 2.03. The molecule has 1 rings (SSSR count). The van der Waals surface area contributed by atoms with E-state index in [2.05, 4.69) is 20.9 Å². The summed E-state index contributed by atoms with van der Waals surface area (Å²) in [6.07, 6.45) is 0. The lowest BCUT2D eigenvalue weighted by Gasteiger charge is -2.15. The van der Waals surface area contributed by atoms with Crippen LogP contribution in [0.4, 0.5) is 0 Å². The largest absolute Gasteiger partial charge is 0.383 e. The van der Waals surface area contributed by atoms with Crippen LogP contribution in [0, 0.1) is 6.92 Å². The Morgan fingerprint density at radius 2 is 2.47 bits per heavy atom. The fraction of sp³-hybridized carbons (Fsp3) is 0.600. The SMILES string of the molecule is COCC(C)NC(=NCc1cc(C)no1)NN. The molecule has 96 valence electrons. The molecule has 1 heterocycles. The van der Waals surface area contributed by atoms with Gasteiger partial charge in [-0.15, -0.1) is 0 Å². The Labute approximate surface area is 100 Å². The zero-order valence-electron chi connectivity index (χ0n) is 10.4. The highest BCUT2D eigenvalue weighted by molar-refractivity contribution is 5.79. The van der Waals surface area contributed by atoms with Crippen molar-refractivity contribution in [1.82, 2.24) is 15.9 Å². The first kappa shape index (κ1) is 13.5. The summed E-state index contributed by atoms with van der Waals surface area (Å²) in [5.74, 6) is 6.54. The summed E-state index contributed by atoms with van der Waals surface area (Å²) in [4.78, 5) is 4.23. The zero-order chi connectivity index (χ0) is 12.7. The van der Waals surface area contributed by atoms with Crippen molar-refractivity contribution >= 4 is 5.96 Å². The second-order valence-electron chi connectivity index (χ2n) is 3.74. The summed E-state index contributed by atoms with van der Waals surface area (Å²) >= 11 is 0. The first-order chi connectivity index (χ1) is 8.15. The van der Waals surface area contributed by atoms with Gasteiger partial charge in [-0.1, -0.05) is 5.16 Å². The van der Waals surface area contributed by atoms with Gasteiger partial charge < -0.3 is 14.6 Å². The number of ether oxygens (including phenoxy) is 1. The van der Waals surface area contributed by atoms with Crippen LogP contribution in [0.3, 0.4) is 0 Å². The van der Waals surface area contributed by atoms with Gasteiger partial charge in [0.25, 0.3) is 0 Å². The van der Waals surface area contributed by atoms with Gasteiger partial charge in [-0.2, -0.15) is 0 Å². The molecule has 0 aliphatic carbocycles. The zero-order valence-corrected chi connectivity index (χ0v) is 10.4. The molecule has 0 bridgehead atoms. The summed E-state index contributed by atoms with van der Waals surface area (Å²) in [5.41, 5.74) is 3.32. The maximum absolute atomic E-state index is 5.36. The lowest BCUT2D eigenvalue weighted by Crippen LogP contribution is -2.46. The van der Waals surface area contributed by atoms with E-state index in [0.29, 0.717) is 24.9 Å². The Bertz CT molecular complexity index is 363. The Morgan fingerprint density at radius 1 is 1.71 bits per heavy atom. The summed E-state index contributed by atoms with van der Waals surface area (Å²) in [7, 11) is 1.64. The van der Waals surface area contributed by atoms with E-state index in [9.17, 15) is 0 Å². The highest BCUT2D eigenvalue weighted by atomic mass is 16.5. The van der Waals surface area contributed by atoms with Crippen LogP contribution in [0.2, 0.25) is 0 Å². The molecule has 0 aliphatic heterocycles. The van der Waals surface area contributed by atoms with Crippen LogP contribution in [0.5, 0.6) is 0 Å². The molecule has 0 aromatic carbocycles. The molecule has 0 radical (unpaired) electrons. The average molecular weight is 241 g/mol. The van der Waals surface area contributed by atoms with E-state index in [0.717, 1.165) is 5.69 Å². The van der Waals surface area contributed by atoms with E-state index >= 15 is 0 Å². The van der Waals surface area contributed by atoms with Crippen LogP contribution in [0.1, 0.15) is 18.4 Å². The standard InChI is InChI=1S/C10H19N5O2/c1-7-4-9(17-15-7)5-12-10(14-11)13-8(2)6-16-3/h4,8H,5-6,11H2,1-3H3,(H2,12,13,14). The predicted octanol–water partition coefficient (Wildman–Crippen LogP) is -0.0732. The van der Waals surface area contributed by atoms with E-state index in [-0.39, 0.29) is 6.04 Å². The van der Waals surface area contributed by atoms with Crippen LogP contribution in [0.25, 0.3) is 0 Å². The third-order valence-electron chi connectivity index (χ3n) is 2.01. The number of guanidine groups is 1. The summed E-state index contributed by atoms with van der Waals surface area (Å²) in [6.45, 7) is 4.78. The predicted molar refractivity (Wildman–Crippen MR) is 64.2 cm³/mol. The van der Waals surface area contributed by atoms with Gasteiger partial charge in [0.2, 0.25) is 5.96 Å².